The Morgan fingerprint density at radius 2 is 2.00 bits per heavy atom. The van der Waals surface area contributed by atoms with Crippen LogP contribution in [0.4, 0.5) is 0 Å². The number of aromatic nitrogens is 2. The number of nitrogens with one attached hydrogen (secondary N) is 1. The van der Waals surface area contributed by atoms with Crippen molar-refractivity contribution < 1.29 is 18.8 Å². The van der Waals surface area contributed by atoms with E-state index in [0.29, 0.717) is 24.7 Å². The molecule has 3 rings (SSSR count). The molecule has 0 aliphatic heterocycles. The van der Waals surface area contributed by atoms with Crippen LogP contribution in [0.3, 0.4) is 0 Å². The van der Waals surface area contributed by atoms with Gasteiger partial charge in [-0.2, -0.15) is 0 Å². The first-order chi connectivity index (χ1) is 12.3. The van der Waals surface area contributed by atoms with E-state index in [2.05, 4.69) is 15.5 Å². The number of pyridine rings is 1. The molecule has 0 aliphatic rings. The Morgan fingerprint density at radius 3 is 2.72 bits per heavy atom. The lowest BCUT2D eigenvalue weighted by Gasteiger charge is -2.07. The predicted molar refractivity (Wildman–Crippen MR) is 90.6 cm³/mol. The lowest BCUT2D eigenvalue weighted by molar-refractivity contribution is 0.0938. The first kappa shape index (κ1) is 16.5. The molecule has 0 saturated carbocycles. The summed E-state index contributed by atoms with van der Waals surface area (Å²) in [6.45, 7) is 0.686. The molecule has 7 heteroatoms. The summed E-state index contributed by atoms with van der Waals surface area (Å²) in [7, 11) is 1.61. The molecule has 0 fully saturated rings. The van der Waals surface area contributed by atoms with Crippen LogP contribution in [0.2, 0.25) is 0 Å². The summed E-state index contributed by atoms with van der Waals surface area (Å²) in [4.78, 5) is 16.1. The van der Waals surface area contributed by atoms with Crippen LogP contribution in [0.5, 0.6) is 11.5 Å². The monoisotopic (exact) mass is 339 g/mol. The zero-order chi connectivity index (χ0) is 17.5. The number of amides is 1. The van der Waals surface area contributed by atoms with E-state index < -0.39 is 0 Å². The highest BCUT2D eigenvalue weighted by Gasteiger charge is 2.13. The fraction of sp³-hybridized carbons (Fsp3) is 0.167. The van der Waals surface area contributed by atoms with Crippen molar-refractivity contribution in [1.82, 2.24) is 15.5 Å². The predicted octanol–water partition coefficient (Wildman–Crippen LogP) is 2.55. The summed E-state index contributed by atoms with van der Waals surface area (Å²) >= 11 is 0. The van der Waals surface area contributed by atoms with Gasteiger partial charge in [0.15, 0.2) is 11.5 Å². The molecule has 1 aromatic carbocycles. The molecule has 3 aromatic rings. The van der Waals surface area contributed by atoms with Crippen LogP contribution in [0, 0.1) is 0 Å². The summed E-state index contributed by atoms with van der Waals surface area (Å²) in [5, 5.41) is 6.51. The van der Waals surface area contributed by atoms with Crippen LogP contribution < -0.4 is 14.8 Å². The molecule has 0 atom stereocenters. The standard InChI is InChI=1S/C18H17N3O4/c1-23-14-4-6-15(7-5-14)24-10-9-20-18(22)16-11-17(25-21-16)13-3-2-8-19-12-13/h2-8,11-12H,9-10H2,1H3,(H,20,22). The zero-order valence-electron chi connectivity index (χ0n) is 13.6. The van der Waals surface area contributed by atoms with Crippen LogP contribution >= 0.6 is 0 Å². The van der Waals surface area contributed by atoms with E-state index >= 15 is 0 Å². The molecular formula is C18H17N3O4. The molecular weight excluding hydrogens is 322 g/mol. The normalized spacial score (nSPS) is 10.3. The van der Waals surface area contributed by atoms with E-state index in [1.54, 1.807) is 43.8 Å². The molecule has 0 saturated heterocycles. The van der Waals surface area contributed by atoms with Gasteiger partial charge >= 0.3 is 0 Å². The maximum Gasteiger partial charge on any atom is 0.273 e. The fourth-order valence-electron chi connectivity index (χ4n) is 2.12. The second-order valence-corrected chi connectivity index (χ2v) is 5.10. The van der Waals surface area contributed by atoms with Crippen molar-refractivity contribution in [1.29, 1.82) is 0 Å². The van der Waals surface area contributed by atoms with E-state index in [1.807, 2.05) is 18.2 Å². The largest absolute Gasteiger partial charge is 0.497 e. The van der Waals surface area contributed by atoms with Gasteiger partial charge in [0.1, 0.15) is 18.1 Å². The summed E-state index contributed by atoms with van der Waals surface area (Å²) in [6.07, 6.45) is 3.31. The minimum atomic E-state index is -0.322. The number of benzene rings is 1. The minimum Gasteiger partial charge on any atom is -0.497 e. The lowest BCUT2D eigenvalue weighted by Crippen LogP contribution is -2.28. The van der Waals surface area contributed by atoms with Crippen molar-refractivity contribution >= 4 is 5.91 Å². The topological polar surface area (TPSA) is 86.5 Å². The highest BCUT2D eigenvalue weighted by Crippen LogP contribution is 2.19. The van der Waals surface area contributed by atoms with Gasteiger partial charge in [0.05, 0.1) is 13.7 Å². The van der Waals surface area contributed by atoms with E-state index in [9.17, 15) is 4.79 Å². The van der Waals surface area contributed by atoms with Crippen molar-refractivity contribution in [3.63, 3.8) is 0 Å². The summed E-state index contributed by atoms with van der Waals surface area (Å²) < 4.78 is 15.8. The quantitative estimate of drug-likeness (QED) is 0.666. The number of hydrogen-bond acceptors (Lipinski definition) is 6. The van der Waals surface area contributed by atoms with Gasteiger partial charge in [-0.15, -0.1) is 0 Å². The van der Waals surface area contributed by atoms with Crippen molar-refractivity contribution in [2.75, 3.05) is 20.3 Å². The molecule has 0 bridgehead atoms. The molecule has 2 aromatic heterocycles. The third kappa shape index (κ3) is 4.35. The molecule has 25 heavy (non-hydrogen) atoms. The second-order valence-electron chi connectivity index (χ2n) is 5.10. The summed E-state index contributed by atoms with van der Waals surface area (Å²) in [5.41, 5.74) is 0.972. The van der Waals surface area contributed by atoms with Gasteiger partial charge in [-0.25, -0.2) is 0 Å². The maximum atomic E-state index is 12.1. The highest BCUT2D eigenvalue weighted by molar-refractivity contribution is 5.93. The molecule has 0 aliphatic carbocycles. The van der Waals surface area contributed by atoms with E-state index in [1.165, 1.54) is 0 Å². The minimum absolute atomic E-state index is 0.211. The molecule has 1 N–H and O–H groups in total. The first-order valence-corrected chi connectivity index (χ1v) is 7.68. The fourth-order valence-corrected chi connectivity index (χ4v) is 2.12. The van der Waals surface area contributed by atoms with Crippen LogP contribution in [-0.2, 0) is 0 Å². The Morgan fingerprint density at radius 1 is 1.20 bits per heavy atom. The third-order valence-corrected chi connectivity index (χ3v) is 3.40. The Bertz CT molecular complexity index is 816. The van der Waals surface area contributed by atoms with Crippen molar-refractivity contribution in [2.24, 2.45) is 0 Å². The van der Waals surface area contributed by atoms with E-state index in [4.69, 9.17) is 14.0 Å². The first-order valence-electron chi connectivity index (χ1n) is 7.68. The summed E-state index contributed by atoms with van der Waals surface area (Å²) in [6, 6.07) is 12.4. The summed E-state index contributed by atoms with van der Waals surface area (Å²) in [5.74, 6) is 1.64. The average molecular weight is 339 g/mol. The molecule has 0 unspecified atom stereocenters. The number of ether oxygens (including phenoxy) is 2. The molecule has 128 valence electrons. The van der Waals surface area contributed by atoms with E-state index in [-0.39, 0.29) is 11.6 Å². The number of nitrogens with zero attached hydrogens (tertiary/aromatic N) is 2. The third-order valence-electron chi connectivity index (χ3n) is 3.40. The maximum absolute atomic E-state index is 12.1. The van der Waals surface area contributed by atoms with Crippen molar-refractivity contribution in [3.05, 3.63) is 60.6 Å². The number of carbonyl (C=O) groups is 1. The van der Waals surface area contributed by atoms with Gasteiger partial charge in [-0.05, 0) is 36.4 Å². The second kappa shape index (κ2) is 7.96. The van der Waals surface area contributed by atoms with Crippen LogP contribution in [0.15, 0.2) is 59.4 Å². The number of carbonyl (C=O) groups excluding carboxylic acids is 1. The van der Waals surface area contributed by atoms with Gasteiger partial charge in [-0.1, -0.05) is 5.16 Å². The Balaban J connectivity index is 1.47. The number of methoxy groups -OCH3 is 1. The zero-order valence-corrected chi connectivity index (χ0v) is 13.6. The Kier molecular flexibility index (Phi) is 5.26. The van der Waals surface area contributed by atoms with Gasteiger partial charge in [0.25, 0.3) is 5.91 Å². The molecule has 0 spiro atoms. The Hall–Kier alpha value is -3.35. The average Bonchev–Trinajstić information content (AvgIpc) is 3.16. The molecule has 1 amide bonds. The lowest BCUT2D eigenvalue weighted by atomic mass is 10.2. The Labute approximate surface area is 144 Å². The smallest absolute Gasteiger partial charge is 0.273 e. The van der Waals surface area contributed by atoms with Gasteiger partial charge in [0, 0.05) is 24.0 Å². The van der Waals surface area contributed by atoms with Crippen LogP contribution in [0.25, 0.3) is 11.3 Å². The number of rotatable bonds is 7. The SMILES string of the molecule is COc1ccc(OCCNC(=O)c2cc(-c3cccnc3)on2)cc1. The van der Waals surface area contributed by atoms with Crippen LogP contribution in [0.1, 0.15) is 10.5 Å². The molecule has 2 heterocycles. The van der Waals surface area contributed by atoms with E-state index in [0.717, 1.165) is 11.3 Å². The van der Waals surface area contributed by atoms with Gasteiger partial charge in [0.2, 0.25) is 0 Å². The van der Waals surface area contributed by atoms with Crippen molar-refractivity contribution in [3.8, 4) is 22.8 Å². The van der Waals surface area contributed by atoms with Gasteiger partial charge in [-0.3, -0.25) is 9.78 Å². The molecule has 7 nitrogen and oxygen atoms in total. The number of hydrogen-bond donors (Lipinski definition) is 1. The molecule has 0 radical (unpaired) electrons. The highest BCUT2D eigenvalue weighted by atomic mass is 16.5. The van der Waals surface area contributed by atoms with Crippen LogP contribution in [-0.4, -0.2) is 36.3 Å². The van der Waals surface area contributed by atoms with Crippen molar-refractivity contribution in [2.45, 2.75) is 0 Å². The van der Waals surface area contributed by atoms with Gasteiger partial charge < -0.3 is 19.3 Å².